The van der Waals surface area contributed by atoms with Crippen LogP contribution in [0, 0.1) is 11.3 Å². The highest BCUT2D eigenvalue weighted by Crippen LogP contribution is 2.29. The lowest BCUT2D eigenvalue weighted by Crippen LogP contribution is -2.57. The predicted octanol–water partition coefficient (Wildman–Crippen LogP) is 4.67. The van der Waals surface area contributed by atoms with Gasteiger partial charge in [-0.3, -0.25) is 24.2 Å². The van der Waals surface area contributed by atoms with E-state index in [2.05, 4.69) is 37.6 Å². The van der Waals surface area contributed by atoms with Gasteiger partial charge in [0.25, 0.3) is 0 Å². The molecule has 0 bridgehead atoms. The number of piperidine rings is 1. The molecule has 1 fully saturated rings. The second kappa shape index (κ2) is 18.5. The molecule has 282 valence electrons. The maximum absolute atomic E-state index is 14.1. The molecular formula is C41H53N7O5. The number of urea groups is 1. The molecule has 0 spiro atoms. The Morgan fingerprint density at radius 3 is 2.30 bits per heavy atom. The van der Waals surface area contributed by atoms with Crippen LogP contribution in [0.1, 0.15) is 82.0 Å². The summed E-state index contributed by atoms with van der Waals surface area (Å²) in [6.07, 6.45) is 7.31. The van der Waals surface area contributed by atoms with Crippen LogP contribution in [0.15, 0.2) is 79.1 Å². The molecule has 53 heavy (non-hydrogen) atoms. The zero-order chi connectivity index (χ0) is 37.8. The van der Waals surface area contributed by atoms with Crippen LogP contribution >= 0.6 is 0 Å². The Labute approximate surface area is 312 Å². The summed E-state index contributed by atoms with van der Waals surface area (Å²) in [5.41, 5.74) is 3.72. The standard InChI is InChI=1S/C41H53N7O5/c1-41(2,3)27-43-36(49)25-35(47-40(53)48-23-20-30(21-24-48)37(50)44-31-15-10-22-42-26-31)39(52)46-34(19-18-28-11-5-4-6-12-28)38(51)45-33-17-9-14-29-13-7-8-16-32(29)33/h4-8,10-13,15-16,22,26,30,33-35H,9,14,17-21,23-25,27H2,1-3H3,(H,43,49)(H,44,50)(H,45,51)(H,46,52)(H,47,53)/t33-,34-,35-/m0/s1. The third-order valence-electron chi connectivity index (χ3n) is 9.79. The summed E-state index contributed by atoms with van der Waals surface area (Å²) in [5.74, 6) is -1.75. The minimum Gasteiger partial charge on any atom is -0.355 e. The molecule has 6 amide bonds. The number of benzene rings is 2. The topological polar surface area (TPSA) is 162 Å². The van der Waals surface area contributed by atoms with Gasteiger partial charge in [-0.2, -0.15) is 0 Å². The van der Waals surface area contributed by atoms with Crippen LogP contribution in [0.3, 0.4) is 0 Å². The number of likely N-dealkylation sites (tertiary alicyclic amines) is 1. The van der Waals surface area contributed by atoms with Crippen molar-refractivity contribution < 1.29 is 24.0 Å². The number of pyridine rings is 1. The van der Waals surface area contributed by atoms with Gasteiger partial charge in [0.1, 0.15) is 12.1 Å². The summed E-state index contributed by atoms with van der Waals surface area (Å²) in [7, 11) is 0. The summed E-state index contributed by atoms with van der Waals surface area (Å²) in [6.45, 7) is 6.94. The number of carbonyl (C=O) groups is 5. The number of hydrogen-bond acceptors (Lipinski definition) is 6. The second-order valence-corrected chi connectivity index (χ2v) is 15.3. The Bertz CT molecular complexity index is 1700. The maximum atomic E-state index is 14.1. The third-order valence-corrected chi connectivity index (χ3v) is 9.79. The highest BCUT2D eigenvalue weighted by atomic mass is 16.2. The van der Waals surface area contributed by atoms with Crippen molar-refractivity contribution in [2.75, 3.05) is 25.0 Å². The van der Waals surface area contributed by atoms with E-state index in [1.807, 2.05) is 69.3 Å². The fourth-order valence-electron chi connectivity index (χ4n) is 6.77. The average molecular weight is 724 g/mol. The number of fused-ring (bicyclic) bond motifs is 1. The van der Waals surface area contributed by atoms with Gasteiger partial charge in [-0.15, -0.1) is 0 Å². The van der Waals surface area contributed by atoms with Crippen molar-refractivity contribution in [2.24, 2.45) is 11.3 Å². The van der Waals surface area contributed by atoms with Crippen molar-refractivity contribution in [1.82, 2.24) is 31.2 Å². The maximum Gasteiger partial charge on any atom is 0.318 e. The molecule has 1 saturated heterocycles. The van der Waals surface area contributed by atoms with Crippen LogP contribution in [0.2, 0.25) is 0 Å². The van der Waals surface area contributed by atoms with Crippen LogP contribution in [-0.2, 0) is 32.0 Å². The molecule has 3 atom stereocenters. The van der Waals surface area contributed by atoms with Gasteiger partial charge >= 0.3 is 6.03 Å². The SMILES string of the molecule is CC(C)(C)CNC(=O)C[C@H](NC(=O)N1CCC(C(=O)Nc2cccnc2)CC1)C(=O)N[C@@H](CCc1ccccc1)C(=O)N[C@H]1CCCc2ccccc21. The molecule has 0 unspecified atom stereocenters. The number of aryl methyl sites for hydroxylation is 2. The Hall–Kier alpha value is -5.26. The molecule has 1 aliphatic carbocycles. The van der Waals surface area contributed by atoms with Crippen molar-refractivity contribution in [1.29, 1.82) is 0 Å². The van der Waals surface area contributed by atoms with Gasteiger partial charge in [0, 0.05) is 31.7 Å². The first-order valence-electron chi connectivity index (χ1n) is 18.7. The second-order valence-electron chi connectivity index (χ2n) is 15.3. The van der Waals surface area contributed by atoms with Gasteiger partial charge < -0.3 is 31.5 Å². The van der Waals surface area contributed by atoms with E-state index >= 15 is 0 Å². The van der Waals surface area contributed by atoms with E-state index in [0.29, 0.717) is 51.0 Å². The van der Waals surface area contributed by atoms with Crippen molar-refractivity contribution in [3.8, 4) is 0 Å². The Balaban J connectivity index is 1.27. The van der Waals surface area contributed by atoms with Crippen LogP contribution in [0.4, 0.5) is 10.5 Å². The van der Waals surface area contributed by atoms with Crippen LogP contribution in [0.5, 0.6) is 0 Å². The minimum absolute atomic E-state index is 0.137. The van der Waals surface area contributed by atoms with Crippen molar-refractivity contribution in [3.63, 3.8) is 0 Å². The monoisotopic (exact) mass is 723 g/mol. The number of rotatable bonds is 13. The molecule has 12 heteroatoms. The van der Waals surface area contributed by atoms with Gasteiger partial charge in [0.2, 0.25) is 23.6 Å². The summed E-state index contributed by atoms with van der Waals surface area (Å²) in [6, 6.07) is 18.5. The Kier molecular flexibility index (Phi) is 13.6. The van der Waals surface area contributed by atoms with Crippen LogP contribution < -0.4 is 26.6 Å². The number of nitrogens with one attached hydrogen (secondary N) is 5. The highest BCUT2D eigenvalue weighted by molar-refractivity contribution is 5.95. The van der Waals surface area contributed by atoms with Gasteiger partial charge in [-0.05, 0) is 79.2 Å². The summed E-state index contributed by atoms with van der Waals surface area (Å²) >= 11 is 0. The molecule has 3 aromatic rings. The lowest BCUT2D eigenvalue weighted by molar-refractivity contribution is -0.132. The first-order valence-corrected chi connectivity index (χ1v) is 18.7. The highest BCUT2D eigenvalue weighted by Gasteiger charge is 2.33. The molecule has 0 radical (unpaired) electrons. The van der Waals surface area contributed by atoms with Gasteiger partial charge in [0.15, 0.2) is 0 Å². The van der Waals surface area contributed by atoms with Crippen LogP contribution in [-0.4, -0.2) is 71.3 Å². The summed E-state index contributed by atoms with van der Waals surface area (Å²) in [5, 5.41) is 14.6. The number of nitrogens with zero attached hydrogens (tertiary/aromatic N) is 2. The number of hydrogen-bond donors (Lipinski definition) is 5. The van der Waals surface area contributed by atoms with E-state index in [-0.39, 0.29) is 35.6 Å². The van der Waals surface area contributed by atoms with E-state index in [0.717, 1.165) is 30.4 Å². The molecule has 5 rings (SSSR count). The van der Waals surface area contributed by atoms with E-state index in [4.69, 9.17) is 0 Å². The first kappa shape index (κ1) is 39.0. The lowest BCUT2D eigenvalue weighted by Gasteiger charge is -2.33. The zero-order valence-corrected chi connectivity index (χ0v) is 31.0. The van der Waals surface area contributed by atoms with E-state index in [1.165, 1.54) is 5.56 Å². The molecule has 5 N–H and O–H groups in total. The van der Waals surface area contributed by atoms with Gasteiger partial charge in [-0.1, -0.05) is 75.4 Å². The zero-order valence-electron chi connectivity index (χ0n) is 31.0. The smallest absolute Gasteiger partial charge is 0.318 e. The lowest BCUT2D eigenvalue weighted by atomic mass is 9.87. The summed E-state index contributed by atoms with van der Waals surface area (Å²) < 4.78 is 0. The normalized spacial score (nSPS) is 17.0. The number of aromatic nitrogens is 1. The Morgan fingerprint density at radius 1 is 0.849 bits per heavy atom. The van der Waals surface area contributed by atoms with E-state index in [1.54, 1.807) is 29.4 Å². The predicted molar refractivity (Wildman–Crippen MR) is 204 cm³/mol. The molecule has 2 aromatic carbocycles. The van der Waals surface area contributed by atoms with Gasteiger partial charge in [-0.25, -0.2) is 4.79 Å². The number of anilines is 1. The molecule has 2 aliphatic rings. The molecule has 2 heterocycles. The van der Waals surface area contributed by atoms with Crippen molar-refractivity contribution in [2.45, 2.75) is 90.3 Å². The van der Waals surface area contributed by atoms with E-state index < -0.39 is 29.9 Å². The number of amides is 6. The third kappa shape index (κ3) is 11.9. The fourth-order valence-corrected chi connectivity index (χ4v) is 6.77. The molecule has 0 saturated carbocycles. The fraction of sp³-hybridized carbons (Fsp3) is 0.463. The molecular weight excluding hydrogens is 670 g/mol. The van der Waals surface area contributed by atoms with E-state index in [9.17, 15) is 24.0 Å². The van der Waals surface area contributed by atoms with Gasteiger partial charge in [0.05, 0.1) is 24.3 Å². The molecule has 12 nitrogen and oxygen atoms in total. The average Bonchev–Trinajstić information content (AvgIpc) is 3.16. The number of carbonyl (C=O) groups excluding carboxylic acids is 5. The van der Waals surface area contributed by atoms with Crippen molar-refractivity contribution in [3.05, 3.63) is 95.8 Å². The summed E-state index contributed by atoms with van der Waals surface area (Å²) in [4.78, 5) is 73.2. The Morgan fingerprint density at radius 2 is 1.58 bits per heavy atom. The molecule has 1 aliphatic heterocycles. The largest absolute Gasteiger partial charge is 0.355 e. The minimum atomic E-state index is -1.24. The van der Waals surface area contributed by atoms with Crippen molar-refractivity contribution >= 4 is 35.3 Å². The quantitative estimate of drug-likeness (QED) is 0.172. The first-order chi connectivity index (χ1) is 25.4. The molecule has 1 aromatic heterocycles. The van der Waals surface area contributed by atoms with Crippen LogP contribution in [0.25, 0.3) is 0 Å².